The van der Waals surface area contributed by atoms with Crippen LogP contribution >= 0.6 is 0 Å². The van der Waals surface area contributed by atoms with Gasteiger partial charge in [-0.1, -0.05) is 49.4 Å². The van der Waals surface area contributed by atoms with Gasteiger partial charge in [0.2, 0.25) is 0 Å². The highest BCUT2D eigenvalue weighted by atomic mass is 19.1. The molecule has 10 heteroatoms. The molecule has 4 N–H and O–H groups in total. The summed E-state index contributed by atoms with van der Waals surface area (Å²) in [5.41, 5.74) is 12.3. The van der Waals surface area contributed by atoms with E-state index in [1.807, 2.05) is 41.5 Å². The maximum atomic E-state index is 14.1. The van der Waals surface area contributed by atoms with Gasteiger partial charge in [0.1, 0.15) is 18.2 Å². The molecule has 1 fully saturated rings. The fourth-order valence-corrected chi connectivity index (χ4v) is 5.61. The Labute approximate surface area is 262 Å². The molecule has 1 aliphatic heterocycles. The molecule has 1 saturated carbocycles. The Hall–Kier alpha value is -5.53. The normalized spacial score (nSPS) is 16.6. The minimum absolute atomic E-state index is 0.0687. The van der Waals surface area contributed by atoms with E-state index in [1.165, 1.54) is 18.5 Å². The molecule has 2 atom stereocenters. The van der Waals surface area contributed by atoms with Gasteiger partial charge in [0.15, 0.2) is 0 Å². The van der Waals surface area contributed by atoms with Gasteiger partial charge in [-0.05, 0) is 54.7 Å². The number of hydrogen-bond acceptors (Lipinski definition) is 9. The van der Waals surface area contributed by atoms with Crippen LogP contribution in [0.2, 0.25) is 0 Å². The third kappa shape index (κ3) is 5.86. The van der Waals surface area contributed by atoms with Crippen molar-refractivity contribution in [3.63, 3.8) is 0 Å². The fourth-order valence-electron chi connectivity index (χ4n) is 5.61. The van der Waals surface area contributed by atoms with Gasteiger partial charge in [0, 0.05) is 53.0 Å². The maximum Gasteiger partial charge on any atom is 0.123 e. The van der Waals surface area contributed by atoms with E-state index in [9.17, 15) is 11.0 Å². The Morgan fingerprint density at radius 2 is 1.82 bits per heavy atom. The monoisotopic (exact) mass is 598 g/mol. The van der Waals surface area contributed by atoms with Crippen molar-refractivity contribution < 1.29 is 5.76 Å². The Bertz CT molecular complexity index is 1940. The number of nitriles is 1. The first-order valence-corrected chi connectivity index (χ1v) is 15.0. The molecule has 1 unspecified atom stereocenters. The molecule has 1 aliphatic carbocycles. The SMILES string of the molecule is [2H]C(Nc1cc(-c2cncnc2)c2ncc(C#N)c(N[C@H](CC)c3ccccc3)c2c1)(C1=CN(C2CC2)NN1)c1ccc(F)cc1. The fraction of sp³-hybridized carbons (Fsp3) is 0.200. The first kappa shape index (κ1) is 27.0. The summed E-state index contributed by atoms with van der Waals surface area (Å²) in [6, 6.07) is 20.9. The molecule has 0 saturated heterocycles. The highest BCUT2D eigenvalue weighted by Crippen LogP contribution is 2.39. The molecule has 0 bridgehead atoms. The topological polar surface area (TPSA) is 114 Å². The average molecular weight is 599 g/mol. The molecule has 5 aromatic rings. The third-order valence-electron chi connectivity index (χ3n) is 8.09. The van der Waals surface area contributed by atoms with Crippen LogP contribution in [-0.2, 0) is 0 Å². The summed E-state index contributed by atoms with van der Waals surface area (Å²) in [4.78, 5) is 13.2. The summed E-state index contributed by atoms with van der Waals surface area (Å²) in [5.74, 6) is -0.385. The van der Waals surface area contributed by atoms with E-state index in [2.05, 4.69) is 56.7 Å². The molecule has 0 amide bonds. The van der Waals surface area contributed by atoms with Crippen LogP contribution in [0.15, 0.2) is 104 Å². The zero-order valence-corrected chi connectivity index (χ0v) is 24.6. The molecule has 9 nitrogen and oxygen atoms in total. The predicted octanol–water partition coefficient (Wildman–Crippen LogP) is 6.75. The molecule has 224 valence electrons. The van der Waals surface area contributed by atoms with Crippen LogP contribution in [-0.4, -0.2) is 26.0 Å². The summed E-state index contributed by atoms with van der Waals surface area (Å²) in [6.45, 7) is 2.10. The molecule has 0 radical (unpaired) electrons. The molecule has 7 rings (SSSR count). The molecule has 2 aliphatic rings. The number of benzene rings is 3. The Morgan fingerprint density at radius 1 is 1.04 bits per heavy atom. The Balaban J connectivity index is 1.40. The van der Waals surface area contributed by atoms with E-state index in [0.717, 1.165) is 36.0 Å². The molecule has 3 aromatic carbocycles. The number of halogens is 1. The Kier molecular flexibility index (Phi) is 7.35. The zero-order chi connectivity index (χ0) is 31.7. The van der Waals surface area contributed by atoms with Gasteiger partial charge in [0.25, 0.3) is 0 Å². The Morgan fingerprint density at radius 3 is 2.53 bits per heavy atom. The van der Waals surface area contributed by atoms with Crippen molar-refractivity contribution in [1.82, 2.24) is 30.9 Å². The lowest BCUT2D eigenvalue weighted by Gasteiger charge is -2.24. The summed E-state index contributed by atoms with van der Waals surface area (Å²) in [6.07, 6.45) is 11.3. The number of anilines is 2. The number of rotatable bonds is 10. The van der Waals surface area contributed by atoms with Crippen molar-refractivity contribution in [2.45, 2.75) is 44.3 Å². The number of aromatic nitrogens is 3. The molecule has 3 heterocycles. The summed E-state index contributed by atoms with van der Waals surface area (Å²) >= 11 is 0. The lowest BCUT2D eigenvalue weighted by Crippen LogP contribution is -2.38. The first-order chi connectivity index (χ1) is 22.5. The highest BCUT2D eigenvalue weighted by Gasteiger charge is 2.32. The maximum absolute atomic E-state index is 14.1. The average Bonchev–Trinajstić information content (AvgIpc) is 3.83. The minimum Gasteiger partial charge on any atom is -0.377 e. The van der Waals surface area contributed by atoms with Crippen LogP contribution < -0.4 is 21.6 Å². The number of nitrogens with zero attached hydrogens (tertiary/aromatic N) is 5. The number of fused-ring (bicyclic) bond motifs is 1. The predicted molar refractivity (Wildman–Crippen MR) is 173 cm³/mol. The van der Waals surface area contributed by atoms with E-state index < -0.39 is 6.02 Å². The van der Waals surface area contributed by atoms with Gasteiger partial charge < -0.3 is 16.1 Å². The number of pyridine rings is 1. The molecule has 2 aromatic heterocycles. The van der Waals surface area contributed by atoms with Crippen molar-refractivity contribution in [2.75, 3.05) is 10.6 Å². The molecule has 45 heavy (non-hydrogen) atoms. The van der Waals surface area contributed by atoms with E-state index in [-0.39, 0.29) is 11.9 Å². The second-order valence-electron chi connectivity index (χ2n) is 11.1. The van der Waals surface area contributed by atoms with E-state index in [0.29, 0.717) is 45.1 Å². The van der Waals surface area contributed by atoms with Crippen molar-refractivity contribution in [3.05, 3.63) is 126 Å². The zero-order valence-electron chi connectivity index (χ0n) is 25.6. The van der Waals surface area contributed by atoms with Gasteiger partial charge in [-0.2, -0.15) is 5.26 Å². The van der Waals surface area contributed by atoms with Crippen molar-refractivity contribution in [2.24, 2.45) is 0 Å². The second kappa shape index (κ2) is 12.2. The first-order valence-electron chi connectivity index (χ1n) is 15.5. The van der Waals surface area contributed by atoms with Crippen LogP contribution in [0.4, 0.5) is 15.8 Å². The summed E-state index contributed by atoms with van der Waals surface area (Å²) in [7, 11) is 0. The van der Waals surface area contributed by atoms with Crippen molar-refractivity contribution in [1.29, 1.82) is 5.26 Å². The van der Waals surface area contributed by atoms with E-state index in [4.69, 9.17) is 4.98 Å². The smallest absolute Gasteiger partial charge is 0.123 e. The van der Waals surface area contributed by atoms with Crippen LogP contribution in [0, 0.1) is 17.1 Å². The third-order valence-corrected chi connectivity index (χ3v) is 8.09. The van der Waals surface area contributed by atoms with Crippen molar-refractivity contribution >= 4 is 22.3 Å². The van der Waals surface area contributed by atoms with Crippen LogP contribution in [0.5, 0.6) is 0 Å². The van der Waals surface area contributed by atoms with E-state index >= 15 is 0 Å². The lowest BCUT2D eigenvalue weighted by molar-refractivity contribution is 0.260. The minimum atomic E-state index is -1.55. The van der Waals surface area contributed by atoms with Gasteiger partial charge >= 0.3 is 0 Å². The summed E-state index contributed by atoms with van der Waals surface area (Å²) < 4.78 is 23.9. The van der Waals surface area contributed by atoms with Crippen LogP contribution in [0.3, 0.4) is 0 Å². The highest BCUT2D eigenvalue weighted by molar-refractivity contribution is 6.04. The second-order valence-corrected chi connectivity index (χ2v) is 11.1. The van der Waals surface area contributed by atoms with Gasteiger partial charge in [-0.15, -0.1) is 5.53 Å². The van der Waals surface area contributed by atoms with Gasteiger partial charge in [0.05, 0.1) is 35.9 Å². The van der Waals surface area contributed by atoms with Crippen LogP contribution in [0.25, 0.3) is 22.0 Å². The number of nitrogens with one attached hydrogen (secondary N) is 4. The number of hydrazine groups is 2. The van der Waals surface area contributed by atoms with E-state index in [1.54, 1.807) is 30.7 Å². The van der Waals surface area contributed by atoms with Gasteiger partial charge in [-0.25, -0.2) is 14.4 Å². The largest absolute Gasteiger partial charge is 0.377 e. The standard InChI is InChI=1S/C35H32FN9/c1-2-31(22-6-4-3-5-7-22)42-33-24(16-37)19-40-35-29(25-17-38-21-39-18-25)14-27(15-30(33)35)41-34(23-8-10-26(36)11-9-23)32-20-45(44-43-32)28-12-13-28/h3-11,14-15,17-21,28,31,34,41,43-44H,2,12-13H2,1H3,(H,40,42)/t31-,34?/m1/s1/i34D. The molecular weight excluding hydrogens is 565 g/mol. The van der Waals surface area contributed by atoms with Crippen LogP contribution in [0.1, 0.15) is 56.3 Å². The molecule has 0 spiro atoms. The lowest BCUT2D eigenvalue weighted by atomic mass is 9.98. The van der Waals surface area contributed by atoms with Crippen molar-refractivity contribution in [3.8, 4) is 17.2 Å². The quantitative estimate of drug-likeness (QED) is 0.139. The summed E-state index contributed by atoms with van der Waals surface area (Å²) in [5, 5.41) is 20.0. The van der Waals surface area contributed by atoms with Gasteiger partial charge in [-0.3, -0.25) is 9.99 Å². The molecular formula is C35H32FN9. The number of hydrogen-bond donors (Lipinski definition) is 4.